The van der Waals surface area contributed by atoms with Crippen LogP contribution < -0.4 is 21.0 Å². The highest BCUT2D eigenvalue weighted by Gasteiger charge is 2.44. The van der Waals surface area contributed by atoms with Gasteiger partial charge in [-0.2, -0.15) is 0 Å². The van der Waals surface area contributed by atoms with Crippen molar-refractivity contribution in [2.75, 3.05) is 26.3 Å². The van der Waals surface area contributed by atoms with Crippen molar-refractivity contribution < 1.29 is 48.6 Å². The lowest BCUT2D eigenvalue weighted by atomic mass is 9.99. The van der Waals surface area contributed by atoms with E-state index in [2.05, 4.69) is 10.6 Å². The van der Waals surface area contributed by atoms with E-state index in [1.54, 1.807) is 6.07 Å². The number of aliphatic hydroxyl groups is 4. The second kappa shape index (κ2) is 16.3. The van der Waals surface area contributed by atoms with Crippen LogP contribution >= 0.6 is 0 Å². The average molecular weight is 581 g/mol. The lowest BCUT2D eigenvalue weighted by Crippen LogP contribution is -2.60. The molecule has 13 heteroatoms. The Labute approximate surface area is 237 Å². The van der Waals surface area contributed by atoms with E-state index in [9.17, 15) is 34.8 Å². The second-order valence-corrected chi connectivity index (χ2v) is 9.92. The van der Waals surface area contributed by atoms with Gasteiger partial charge in [0.2, 0.25) is 12.2 Å². The largest absolute Gasteiger partial charge is 0.462 e. The zero-order valence-electron chi connectivity index (χ0n) is 23.1. The fourth-order valence-electron chi connectivity index (χ4n) is 4.35. The molecule has 1 fully saturated rings. The summed E-state index contributed by atoms with van der Waals surface area (Å²) in [5, 5.41) is 45.5. The van der Waals surface area contributed by atoms with Gasteiger partial charge in [-0.15, -0.1) is 0 Å². The normalized spacial score (nSPS) is 22.3. The lowest BCUT2D eigenvalue weighted by molar-refractivity contribution is -0.277. The first-order valence-corrected chi connectivity index (χ1v) is 13.9. The van der Waals surface area contributed by atoms with Crippen molar-refractivity contribution in [1.29, 1.82) is 0 Å². The fraction of sp³-hybridized carbons (Fsp3) is 0.607. The van der Waals surface area contributed by atoms with Crippen molar-refractivity contribution in [3.8, 4) is 5.75 Å². The topological polar surface area (TPSA) is 197 Å². The summed E-state index contributed by atoms with van der Waals surface area (Å²) >= 11 is 0. The molecule has 0 spiro atoms. The molecule has 0 unspecified atom stereocenters. The molecule has 0 saturated carbocycles. The molecule has 1 aliphatic heterocycles. The molecule has 2 heterocycles. The number of alkyl carbamates (subject to hydrolysis) is 1. The van der Waals surface area contributed by atoms with E-state index >= 15 is 0 Å². The summed E-state index contributed by atoms with van der Waals surface area (Å²) in [6.07, 6.45) is -2.53. The first-order chi connectivity index (χ1) is 19.7. The number of nitrogens with one attached hydrogen (secondary N) is 2. The van der Waals surface area contributed by atoms with Crippen LogP contribution in [0.2, 0.25) is 0 Å². The molecular weight excluding hydrogens is 540 g/mol. The first-order valence-electron chi connectivity index (χ1n) is 13.9. The number of hydrogen-bond donors (Lipinski definition) is 6. The van der Waals surface area contributed by atoms with Crippen LogP contribution in [-0.4, -0.2) is 89.4 Å². The number of amides is 2. The molecule has 1 saturated heterocycles. The zero-order chi connectivity index (χ0) is 29.8. The monoisotopic (exact) mass is 580 g/mol. The number of benzene rings is 1. The number of ether oxygens (including phenoxy) is 3. The van der Waals surface area contributed by atoms with E-state index < -0.39 is 49.0 Å². The minimum absolute atomic E-state index is 0.0426. The Bertz CT molecular complexity index is 1190. The van der Waals surface area contributed by atoms with Crippen molar-refractivity contribution >= 4 is 23.0 Å². The standard InChI is InChI=1S/C28H40N2O11/c1-2-3-12-38-28(37)30-11-7-5-4-6-10-29-22(32)13-17-14-23(33)40-20-15-18(8-9-19(17)20)39-27-26(36)25(35)24(34)21(16-31)41-27/h8-9,14-15,21,24-27,31,34-36H,2-7,10-13,16H2,1H3,(H,29,32)(H,30,37)/t21-,24+,25+,26-,27-/m1/s1. The fourth-order valence-corrected chi connectivity index (χ4v) is 4.35. The number of aliphatic hydroxyl groups excluding tert-OH is 4. The van der Waals surface area contributed by atoms with E-state index in [1.807, 2.05) is 6.92 Å². The van der Waals surface area contributed by atoms with E-state index in [0.29, 0.717) is 30.6 Å². The van der Waals surface area contributed by atoms with Gasteiger partial charge in [0.15, 0.2) is 0 Å². The van der Waals surface area contributed by atoms with E-state index in [1.165, 1.54) is 18.2 Å². The molecule has 0 radical (unpaired) electrons. The number of carbonyl (C=O) groups excluding carboxylic acids is 2. The van der Waals surface area contributed by atoms with Gasteiger partial charge in [0, 0.05) is 30.6 Å². The van der Waals surface area contributed by atoms with Crippen LogP contribution in [0.3, 0.4) is 0 Å². The summed E-state index contributed by atoms with van der Waals surface area (Å²) in [5.74, 6) is -0.120. The van der Waals surface area contributed by atoms with Crippen molar-refractivity contribution in [3.63, 3.8) is 0 Å². The van der Waals surface area contributed by atoms with Crippen LogP contribution in [0, 0.1) is 0 Å². The Morgan fingerprint density at radius 1 is 0.951 bits per heavy atom. The van der Waals surface area contributed by atoms with E-state index in [4.69, 9.17) is 18.6 Å². The molecule has 2 amide bonds. The highest BCUT2D eigenvalue weighted by Crippen LogP contribution is 2.27. The van der Waals surface area contributed by atoms with Gasteiger partial charge in [-0.1, -0.05) is 26.2 Å². The van der Waals surface area contributed by atoms with Gasteiger partial charge in [0.25, 0.3) is 0 Å². The molecule has 1 aromatic carbocycles. The maximum atomic E-state index is 12.5. The van der Waals surface area contributed by atoms with Gasteiger partial charge in [0.1, 0.15) is 35.7 Å². The molecule has 3 rings (SSSR count). The quantitative estimate of drug-likeness (QED) is 0.128. The molecule has 1 aromatic heterocycles. The summed E-state index contributed by atoms with van der Waals surface area (Å²) in [7, 11) is 0. The molecule has 1 aliphatic rings. The highest BCUT2D eigenvalue weighted by atomic mass is 16.7. The molecule has 0 aliphatic carbocycles. The minimum atomic E-state index is -1.60. The van der Waals surface area contributed by atoms with Gasteiger partial charge in [-0.05, 0) is 37.0 Å². The van der Waals surface area contributed by atoms with Crippen LogP contribution in [0.4, 0.5) is 4.79 Å². The maximum Gasteiger partial charge on any atom is 0.407 e. The predicted octanol–water partition coefficient (Wildman–Crippen LogP) is 0.717. The first kappa shape index (κ1) is 32.3. The number of fused-ring (bicyclic) bond motifs is 1. The summed E-state index contributed by atoms with van der Waals surface area (Å²) < 4.78 is 21.2. The summed E-state index contributed by atoms with van der Waals surface area (Å²) in [4.78, 5) is 36.2. The van der Waals surface area contributed by atoms with Gasteiger partial charge in [-0.3, -0.25) is 4.79 Å². The van der Waals surface area contributed by atoms with Crippen LogP contribution in [0.15, 0.2) is 33.5 Å². The van der Waals surface area contributed by atoms with Crippen molar-refractivity contribution in [2.45, 2.75) is 82.6 Å². The zero-order valence-corrected chi connectivity index (χ0v) is 23.1. The average Bonchev–Trinajstić information content (AvgIpc) is 2.94. The Kier molecular flexibility index (Phi) is 12.8. The predicted molar refractivity (Wildman–Crippen MR) is 146 cm³/mol. The van der Waals surface area contributed by atoms with Crippen LogP contribution in [0.1, 0.15) is 51.0 Å². The van der Waals surface area contributed by atoms with Gasteiger partial charge in [0.05, 0.1) is 19.6 Å². The molecule has 0 bridgehead atoms. The van der Waals surface area contributed by atoms with Gasteiger partial charge < -0.3 is 49.7 Å². The molecule has 41 heavy (non-hydrogen) atoms. The van der Waals surface area contributed by atoms with E-state index in [0.717, 1.165) is 38.5 Å². The SMILES string of the molecule is CCCCOC(=O)NCCCCCCNC(=O)Cc1cc(=O)oc2cc(O[C@@H]3O[C@H](CO)[C@H](O)[C@H](O)[C@H]3O)ccc12. The van der Waals surface area contributed by atoms with Crippen LogP contribution in [0.5, 0.6) is 5.75 Å². The van der Waals surface area contributed by atoms with Crippen LogP contribution in [0.25, 0.3) is 11.0 Å². The molecular formula is C28H40N2O11. The smallest absolute Gasteiger partial charge is 0.407 e. The lowest BCUT2D eigenvalue weighted by Gasteiger charge is -2.39. The molecule has 228 valence electrons. The number of unbranched alkanes of at least 4 members (excludes halogenated alkanes) is 4. The van der Waals surface area contributed by atoms with E-state index in [-0.39, 0.29) is 23.7 Å². The molecule has 13 nitrogen and oxygen atoms in total. The van der Waals surface area contributed by atoms with Crippen molar-refractivity contribution in [2.24, 2.45) is 0 Å². The third kappa shape index (κ3) is 9.68. The van der Waals surface area contributed by atoms with Crippen molar-refractivity contribution in [3.05, 3.63) is 40.2 Å². The van der Waals surface area contributed by atoms with Gasteiger partial charge in [-0.25, -0.2) is 9.59 Å². The number of rotatable bonds is 15. The number of carbonyl (C=O) groups is 2. The summed E-state index contributed by atoms with van der Waals surface area (Å²) in [5.41, 5.74) is -0.0524. The Morgan fingerprint density at radius 3 is 2.39 bits per heavy atom. The minimum Gasteiger partial charge on any atom is -0.462 e. The maximum absolute atomic E-state index is 12.5. The highest BCUT2D eigenvalue weighted by molar-refractivity contribution is 5.87. The summed E-state index contributed by atoms with van der Waals surface area (Å²) in [6, 6.07) is 5.75. The van der Waals surface area contributed by atoms with Gasteiger partial charge >= 0.3 is 11.7 Å². The summed E-state index contributed by atoms with van der Waals surface area (Å²) in [6.45, 7) is 2.86. The second-order valence-electron chi connectivity index (χ2n) is 9.92. The Balaban J connectivity index is 1.46. The Morgan fingerprint density at radius 2 is 1.68 bits per heavy atom. The number of hydrogen-bond acceptors (Lipinski definition) is 11. The third-order valence-corrected chi connectivity index (χ3v) is 6.68. The Hall–Kier alpha value is -3.23. The third-order valence-electron chi connectivity index (χ3n) is 6.68. The molecule has 2 aromatic rings. The molecule has 5 atom stereocenters. The van der Waals surface area contributed by atoms with Crippen molar-refractivity contribution in [1.82, 2.24) is 10.6 Å². The van der Waals surface area contributed by atoms with Crippen LogP contribution in [-0.2, 0) is 20.7 Å². The molecule has 6 N–H and O–H groups in total.